The molecule has 2 rings (SSSR count). The molecule has 1 heterocycles. The predicted octanol–water partition coefficient (Wildman–Crippen LogP) is 3.69. The van der Waals surface area contributed by atoms with Crippen molar-refractivity contribution < 1.29 is 0 Å². The normalized spacial score (nSPS) is 11.7. The van der Waals surface area contributed by atoms with Gasteiger partial charge < -0.3 is 0 Å². The number of benzene rings is 1. The highest BCUT2D eigenvalue weighted by atomic mass is 14.8. The molecule has 0 aliphatic rings. The summed E-state index contributed by atoms with van der Waals surface area (Å²) in [7, 11) is 0. The van der Waals surface area contributed by atoms with E-state index in [-0.39, 0.29) is 0 Å². The summed E-state index contributed by atoms with van der Waals surface area (Å²) in [5.74, 6) is 0.705. The van der Waals surface area contributed by atoms with Crippen LogP contribution in [0.4, 0.5) is 0 Å². The molecule has 82 valence electrons. The van der Waals surface area contributed by atoms with Crippen LogP contribution in [0.1, 0.15) is 25.8 Å². The Morgan fingerprint density at radius 2 is 1.88 bits per heavy atom. The maximum Gasteiger partial charge on any atom is 0.0892 e. The highest BCUT2D eigenvalue weighted by Crippen LogP contribution is 2.13. The van der Waals surface area contributed by atoms with Crippen molar-refractivity contribution in [1.29, 1.82) is 0 Å². The third-order valence-corrected chi connectivity index (χ3v) is 2.41. The van der Waals surface area contributed by atoms with Gasteiger partial charge in [-0.3, -0.25) is 9.97 Å². The zero-order valence-electron chi connectivity index (χ0n) is 9.72. The summed E-state index contributed by atoms with van der Waals surface area (Å²) >= 11 is 0. The Hall–Kier alpha value is -1.70. The van der Waals surface area contributed by atoms with E-state index >= 15 is 0 Å². The highest BCUT2D eigenvalue weighted by molar-refractivity contribution is 5.76. The maximum absolute atomic E-state index is 4.29. The first kappa shape index (κ1) is 10.8. The predicted molar refractivity (Wildman–Crippen MR) is 68.0 cm³/mol. The molecule has 2 heteroatoms. The summed E-state index contributed by atoms with van der Waals surface area (Å²) in [4.78, 5) is 8.53. The van der Waals surface area contributed by atoms with Crippen LogP contribution in [0.15, 0.2) is 36.7 Å². The summed E-state index contributed by atoms with van der Waals surface area (Å²) in [6.45, 7) is 4.44. The fourth-order valence-corrected chi connectivity index (χ4v) is 1.56. The van der Waals surface area contributed by atoms with Crippen LogP contribution in [0.2, 0.25) is 0 Å². The lowest BCUT2D eigenvalue weighted by molar-refractivity contribution is 0.665. The molecule has 0 unspecified atom stereocenters. The van der Waals surface area contributed by atoms with E-state index < -0.39 is 0 Å². The van der Waals surface area contributed by atoms with E-state index in [1.807, 2.05) is 6.07 Å². The van der Waals surface area contributed by atoms with Crippen LogP contribution < -0.4 is 0 Å². The van der Waals surface area contributed by atoms with Gasteiger partial charge in [-0.15, -0.1) is 0 Å². The van der Waals surface area contributed by atoms with Crippen molar-refractivity contribution in [3.8, 4) is 0 Å². The molecular weight excluding hydrogens is 196 g/mol. The standard InChI is InChI=1S/C14H16N2/c1-11(2)4-3-5-12-6-7-13-14(10-12)16-9-8-15-13/h3,5-11H,4H2,1-2H3/b5-3+. The van der Waals surface area contributed by atoms with Gasteiger partial charge in [-0.1, -0.05) is 32.1 Å². The van der Waals surface area contributed by atoms with Gasteiger partial charge in [0.25, 0.3) is 0 Å². The lowest BCUT2D eigenvalue weighted by Gasteiger charge is -1.99. The SMILES string of the molecule is CC(C)C/C=C/c1ccc2nccnc2c1. The van der Waals surface area contributed by atoms with Crippen molar-refractivity contribution >= 4 is 17.1 Å². The Kier molecular flexibility index (Phi) is 3.30. The number of rotatable bonds is 3. The van der Waals surface area contributed by atoms with Crippen molar-refractivity contribution in [3.05, 3.63) is 42.2 Å². The van der Waals surface area contributed by atoms with E-state index in [1.165, 1.54) is 5.56 Å². The van der Waals surface area contributed by atoms with Gasteiger partial charge in [-0.2, -0.15) is 0 Å². The third-order valence-electron chi connectivity index (χ3n) is 2.41. The Bertz CT molecular complexity index is 501. The van der Waals surface area contributed by atoms with Gasteiger partial charge >= 0.3 is 0 Å². The van der Waals surface area contributed by atoms with Gasteiger partial charge in [0.15, 0.2) is 0 Å². The lowest BCUT2D eigenvalue weighted by atomic mass is 10.1. The van der Waals surface area contributed by atoms with E-state index in [4.69, 9.17) is 0 Å². The van der Waals surface area contributed by atoms with Crippen molar-refractivity contribution in [2.75, 3.05) is 0 Å². The molecule has 0 aliphatic heterocycles. The van der Waals surface area contributed by atoms with Gasteiger partial charge in [0.2, 0.25) is 0 Å². The molecule has 16 heavy (non-hydrogen) atoms. The summed E-state index contributed by atoms with van der Waals surface area (Å²) in [5.41, 5.74) is 3.09. The Morgan fingerprint density at radius 3 is 2.62 bits per heavy atom. The van der Waals surface area contributed by atoms with Crippen LogP contribution in [-0.2, 0) is 0 Å². The second-order valence-electron chi connectivity index (χ2n) is 4.34. The van der Waals surface area contributed by atoms with E-state index in [9.17, 15) is 0 Å². The molecule has 0 aliphatic carbocycles. The molecule has 2 nitrogen and oxygen atoms in total. The van der Waals surface area contributed by atoms with Crippen LogP contribution in [0.5, 0.6) is 0 Å². The quantitative estimate of drug-likeness (QED) is 0.775. The van der Waals surface area contributed by atoms with Crippen LogP contribution in [0.25, 0.3) is 17.1 Å². The van der Waals surface area contributed by atoms with Crippen LogP contribution in [-0.4, -0.2) is 9.97 Å². The summed E-state index contributed by atoms with van der Waals surface area (Å²) in [6, 6.07) is 6.16. The number of aromatic nitrogens is 2. The zero-order valence-corrected chi connectivity index (χ0v) is 9.72. The van der Waals surface area contributed by atoms with Crippen molar-refractivity contribution in [2.24, 2.45) is 5.92 Å². The molecular formula is C14H16N2. The molecule has 0 atom stereocenters. The van der Waals surface area contributed by atoms with Crippen molar-refractivity contribution in [1.82, 2.24) is 9.97 Å². The average molecular weight is 212 g/mol. The Labute approximate surface area is 96.1 Å². The monoisotopic (exact) mass is 212 g/mol. The summed E-state index contributed by atoms with van der Waals surface area (Å²) in [5, 5.41) is 0. The van der Waals surface area contributed by atoms with Gasteiger partial charge in [0, 0.05) is 12.4 Å². The molecule has 1 aromatic carbocycles. The highest BCUT2D eigenvalue weighted by Gasteiger charge is 1.95. The fourth-order valence-electron chi connectivity index (χ4n) is 1.56. The lowest BCUT2D eigenvalue weighted by Crippen LogP contribution is -1.84. The van der Waals surface area contributed by atoms with Crippen LogP contribution >= 0.6 is 0 Å². The number of fused-ring (bicyclic) bond motifs is 1. The maximum atomic E-state index is 4.29. The average Bonchev–Trinajstić information content (AvgIpc) is 2.28. The second-order valence-corrected chi connectivity index (χ2v) is 4.34. The molecule has 0 radical (unpaired) electrons. The molecule has 0 amide bonds. The van der Waals surface area contributed by atoms with Gasteiger partial charge in [-0.25, -0.2) is 0 Å². The van der Waals surface area contributed by atoms with Crippen molar-refractivity contribution in [2.45, 2.75) is 20.3 Å². The van der Waals surface area contributed by atoms with Gasteiger partial charge in [-0.05, 0) is 30.0 Å². The minimum absolute atomic E-state index is 0.705. The largest absolute Gasteiger partial charge is 0.253 e. The molecule has 1 aromatic heterocycles. The first-order valence-electron chi connectivity index (χ1n) is 5.63. The van der Waals surface area contributed by atoms with Gasteiger partial charge in [0.1, 0.15) is 0 Å². The van der Waals surface area contributed by atoms with E-state index in [0.717, 1.165) is 17.5 Å². The van der Waals surface area contributed by atoms with E-state index in [1.54, 1.807) is 12.4 Å². The number of hydrogen-bond acceptors (Lipinski definition) is 2. The minimum Gasteiger partial charge on any atom is -0.253 e. The molecule has 0 N–H and O–H groups in total. The van der Waals surface area contributed by atoms with E-state index in [2.05, 4.69) is 48.1 Å². The first-order valence-corrected chi connectivity index (χ1v) is 5.63. The van der Waals surface area contributed by atoms with Crippen LogP contribution in [0.3, 0.4) is 0 Å². The topological polar surface area (TPSA) is 25.8 Å². The third kappa shape index (κ3) is 2.66. The Morgan fingerprint density at radius 1 is 1.12 bits per heavy atom. The smallest absolute Gasteiger partial charge is 0.0892 e. The number of allylic oxidation sites excluding steroid dienone is 1. The van der Waals surface area contributed by atoms with Crippen molar-refractivity contribution in [3.63, 3.8) is 0 Å². The summed E-state index contributed by atoms with van der Waals surface area (Å²) in [6.07, 6.45) is 8.91. The molecule has 0 fully saturated rings. The molecule has 2 aromatic rings. The van der Waals surface area contributed by atoms with Crippen LogP contribution in [0, 0.1) is 5.92 Å². The molecule has 0 saturated carbocycles. The first-order chi connectivity index (χ1) is 7.75. The minimum atomic E-state index is 0.705. The fraction of sp³-hybridized carbons (Fsp3) is 0.286. The Balaban J connectivity index is 2.22. The zero-order chi connectivity index (χ0) is 11.4. The van der Waals surface area contributed by atoms with Gasteiger partial charge in [0.05, 0.1) is 11.0 Å². The summed E-state index contributed by atoms with van der Waals surface area (Å²) < 4.78 is 0. The second kappa shape index (κ2) is 4.88. The van der Waals surface area contributed by atoms with E-state index in [0.29, 0.717) is 5.92 Å². The number of hydrogen-bond donors (Lipinski definition) is 0. The molecule has 0 saturated heterocycles. The number of nitrogens with zero attached hydrogens (tertiary/aromatic N) is 2. The molecule has 0 bridgehead atoms. The molecule has 0 spiro atoms.